The topological polar surface area (TPSA) is 57.6 Å². The van der Waals surface area contributed by atoms with Crippen molar-refractivity contribution in [2.75, 3.05) is 13.2 Å². The Kier molecular flexibility index (Phi) is 4.60. The molecule has 2 rings (SSSR count). The average Bonchev–Trinajstić information content (AvgIpc) is 2.39. The molecule has 2 atom stereocenters. The summed E-state index contributed by atoms with van der Waals surface area (Å²) < 4.78 is 26.5. The van der Waals surface area contributed by atoms with Gasteiger partial charge in [0.05, 0.1) is 5.75 Å². The van der Waals surface area contributed by atoms with E-state index in [4.69, 9.17) is 0 Å². The first-order valence-corrected chi connectivity index (χ1v) is 8.28. The molecule has 4 nitrogen and oxygen atoms in total. The Balaban J connectivity index is 2.14. The van der Waals surface area contributed by atoms with Gasteiger partial charge in [-0.15, -0.1) is 0 Å². The fourth-order valence-electron chi connectivity index (χ4n) is 2.55. The van der Waals surface area contributed by atoms with Gasteiger partial charge < -0.3 is 5.11 Å². The summed E-state index contributed by atoms with van der Waals surface area (Å²) in [5, 5.41) is 9.23. The molecule has 2 unspecified atom stereocenters. The van der Waals surface area contributed by atoms with Crippen molar-refractivity contribution in [3.05, 3.63) is 35.9 Å². The number of benzene rings is 1. The molecule has 0 aliphatic carbocycles. The van der Waals surface area contributed by atoms with Gasteiger partial charge >= 0.3 is 0 Å². The van der Waals surface area contributed by atoms with E-state index in [0.29, 0.717) is 6.54 Å². The van der Waals surface area contributed by atoms with Gasteiger partial charge in [-0.25, -0.2) is 8.42 Å². The van der Waals surface area contributed by atoms with Crippen LogP contribution in [-0.2, 0) is 15.8 Å². The van der Waals surface area contributed by atoms with Crippen LogP contribution in [-0.4, -0.2) is 37.0 Å². The van der Waals surface area contributed by atoms with Crippen LogP contribution in [0.4, 0.5) is 0 Å². The van der Waals surface area contributed by atoms with Crippen molar-refractivity contribution in [1.29, 1.82) is 0 Å². The first-order valence-electron chi connectivity index (χ1n) is 6.67. The standard InChI is InChI=1S/C14H21NO3S/c1-12-7-8-14(10-16)9-15(12)19(17,18)11-13-5-3-2-4-6-13/h2-6,12,14,16H,7-11H2,1H3. The molecule has 1 aliphatic rings. The monoisotopic (exact) mass is 283 g/mol. The smallest absolute Gasteiger partial charge is 0.218 e. The highest BCUT2D eigenvalue weighted by atomic mass is 32.2. The first-order chi connectivity index (χ1) is 9.03. The number of sulfonamides is 1. The molecule has 1 heterocycles. The number of hydrogen-bond donors (Lipinski definition) is 1. The zero-order valence-electron chi connectivity index (χ0n) is 11.2. The Labute approximate surface area is 115 Å². The molecule has 1 saturated heterocycles. The molecule has 0 spiro atoms. The van der Waals surface area contributed by atoms with Crippen LogP contribution >= 0.6 is 0 Å². The highest BCUT2D eigenvalue weighted by molar-refractivity contribution is 7.88. The number of hydrogen-bond acceptors (Lipinski definition) is 3. The van der Waals surface area contributed by atoms with Crippen LogP contribution in [0.1, 0.15) is 25.3 Å². The second-order valence-corrected chi connectivity index (χ2v) is 7.21. The van der Waals surface area contributed by atoms with Crippen LogP contribution in [0, 0.1) is 5.92 Å². The summed E-state index contributed by atoms with van der Waals surface area (Å²) in [6.07, 6.45) is 1.72. The summed E-state index contributed by atoms with van der Waals surface area (Å²) in [6, 6.07) is 9.26. The zero-order valence-corrected chi connectivity index (χ0v) is 12.0. The van der Waals surface area contributed by atoms with Crippen molar-refractivity contribution in [2.24, 2.45) is 5.92 Å². The molecule has 1 aromatic carbocycles. The predicted octanol–water partition coefficient (Wildman–Crippen LogP) is 1.61. The molecule has 1 N–H and O–H groups in total. The fraction of sp³-hybridized carbons (Fsp3) is 0.571. The molecule has 5 heteroatoms. The maximum atomic E-state index is 12.5. The molecule has 0 radical (unpaired) electrons. The molecule has 0 saturated carbocycles. The fourth-order valence-corrected chi connectivity index (χ4v) is 4.42. The number of nitrogens with zero attached hydrogens (tertiary/aromatic N) is 1. The summed E-state index contributed by atoms with van der Waals surface area (Å²) in [6.45, 7) is 2.44. The molecule has 0 aromatic heterocycles. The lowest BCUT2D eigenvalue weighted by Crippen LogP contribution is -2.46. The van der Waals surface area contributed by atoms with Crippen molar-refractivity contribution in [3.63, 3.8) is 0 Å². The van der Waals surface area contributed by atoms with Crippen LogP contribution in [0.15, 0.2) is 30.3 Å². The van der Waals surface area contributed by atoms with E-state index in [9.17, 15) is 13.5 Å². The molecule has 1 fully saturated rings. The van der Waals surface area contributed by atoms with Crippen molar-refractivity contribution in [2.45, 2.75) is 31.6 Å². The summed E-state index contributed by atoms with van der Waals surface area (Å²) >= 11 is 0. The molecule has 106 valence electrons. The average molecular weight is 283 g/mol. The third-order valence-electron chi connectivity index (χ3n) is 3.73. The third-order valence-corrected chi connectivity index (χ3v) is 5.65. The predicted molar refractivity (Wildman–Crippen MR) is 75.0 cm³/mol. The van der Waals surface area contributed by atoms with Gasteiger partial charge in [-0.3, -0.25) is 0 Å². The van der Waals surface area contributed by atoms with E-state index in [1.165, 1.54) is 0 Å². The van der Waals surface area contributed by atoms with Crippen LogP contribution in [0.2, 0.25) is 0 Å². The van der Waals surface area contributed by atoms with Crippen molar-refractivity contribution in [1.82, 2.24) is 4.31 Å². The van der Waals surface area contributed by atoms with Crippen molar-refractivity contribution < 1.29 is 13.5 Å². The van der Waals surface area contributed by atoms with E-state index in [0.717, 1.165) is 18.4 Å². The van der Waals surface area contributed by atoms with Gasteiger partial charge in [-0.1, -0.05) is 30.3 Å². The Morgan fingerprint density at radius 1 is 1.26 bits per heavy atom. The summed E-state index contributed by atoms with van der Waals surface area (Å²) in [4.78, 5) is 0. The first kappa shape index (κ1) is 14.5. The maximum Gasteiger partial charge on any atom is 0.218 e. The Bertz CT molecular complexity index is 501. The van der Waals surface area contributed by atoms with Crippen LogP contribution in [0.5, 0.6) is 0 Å². The van der Waals surface area contributed by atoms with Gasteiger partial charge in [0.25, 0.3) is 0 Å². The van der Waals surface area contributed by atoms with Crippen molar-refractivity contribution in [3.8, 4) is 0 Å². The zero-order chi connectivity index (χ0) is 13.9. The molecule has 1 aromatic rings. The summed E-state index contributed by atoms with van der Waals surface area (Å²) in [5.41, 5.74) is 0.806. The summed E-state index contributed by atoms with van der Waals surface area (Å²) in [7, 11) is -3.31. The van der Waals surface area contributed by atoms with Crippen LogP contribution < -0.4 is 0 Å². The molecule has 1 aliphatic heterocycles. The second-order valence-electron chi connectivity index (χ2n) is 5.29. The quantitative estimate of drug-likeness (QED) is 0.913. The minimum atomic E-state index is -3.31. The number of aliphatic hydroxyl groups excluding tert-OH is 1. The second kappa shape index (κ2) is 6.03. The highest BCUT2D eigenvalue weighted by Gasteiger charge is 2.33. The lowest BCUT2D eigenvalue weighted by Gasteiger charge is -2.36. The lowest BCUT2D eigenvalue weighted by atomic mass is 9.96. The summed E-state index contributed by atoms with van der Waals surface area (Å²) in [5.74, 6) is 0.109. The molecule has 19 heavy (non-hydrogen) atoms. The Morgan fingerprint density at radius 2 is 1.95 bits per heavy atom. The van der Waals surface area contributed by atoms with E-state index < -0.39 is 10.0 Å². The van der Waals surface area contributed by atoms with Crippen LogP contribution in [0.25, 0.3) is 0 Å². The van der Waals surface area contributed by atoms with Crippen LogP contribution in [0.3, 0.4) is 0 Å². The van der Waals surface area contributed by atoms with Gasteiger partial charge in [-0.05, 0) is 31.2 Å². The Morgan fingerprint density at radius 3 is 2.58 bits per heavy atom. The van der Waals surface area contributed by atoms with Gasteiger partial charge in [0.1, 0.15) is 0 Å². The van der Waals surface area contributed by atoms with E-state index in [1.54, 1.807) is 4.31 Å². The minimum absolute atomic E-state index is 0.0245. The number of rotatable bonds is 4. The van der Waals surface area contributed by atoms with E-state index >= 15 is 0 Å². The molecule has 0 bridgehead atoms. The van der Waals surface area contributed by atoms with Gasteiger partial charge in [0.2, 0.25) is 10.0 Å². The normalized spacial score (nSPS) is 25.4. The van der Waals surface area contributed by atoms with E-state index in [-0.39, 0.29) is 24.3 Å². The highest BCUT2D eigenvalue weighted by Crippen LogP contribution is 2.25. The lowest BCUT2D eigenvalue weighted by molar-refractivity contribution is 0.139. The van der Waals surface area contributed by atoms with E-state index in [2.05, 4.69) is 0 Å². The molecule has 0 amide bonds. The largest absolute Gasteiger partial charge is 0.396 e. The van der Waals surface area contributed by atoms with Crippen molar-refractivity contribution >= 4 is 10.0 Å². The third kappa shape index (κ3) is 3.55. The Hall–Kier alpha value is -0.910. The SMILES string of the molecule is CC1CCC(CO)CN1S(=O)(=O)Cc1ccccc1. The maximum absolute atomic E-state index is 12.5. The molecular weight excluding hydrogens is 262 g/mol. The molecular formula is C14H21NO3S. The number of piperidine rings is 1. The minimum Gasteiger partial charge on any atom is -0.396 e. The van der Waals surface area contributed by atoms with E-state index in [1.807, 2.05) is 37.3 Å². The van der Waals surface area contributed by atoms with Gasteiger partial charge in [0, 0.05) is 19.2 Å². The van der Waals surface area contributed by atoms with Gasteiger partial charge in [-0.2, -0.15) is 4.31 Å². The number of aliphatic hydroxyl groups is 1. The van der Waals surface area contributed by atoms with Gasteiger partial charge in [0.15, 0.2) is 0 Å².